The minimum Gasteiger partial charge on any atom is -0.352 e. The number of nitrogens with zero attached hydrogens (tertiary/aromatic N) is 1. The third-order valence-corrected chi connectivity index (χ3v) is 5.12. The molecule has 4 rings (SSSR count). The highest BCUT2D eigenvalue weighted by Crippen LogP contribution is 2.18. The van der Waals surface area contributed by atoms with Gasteiger partial charge < -0.3 is 10.3 Å². The van der Waals surface area contributed by atoms with E-state index < -0.39 is 0 Å². The number of nitrogens with one attached hydrogen (secondary N) is 2. The number of hydrogen-bond acceptors (Lipinski definition) is 4. The van der Waals surface area contributed by atoms with Crippen LogP contribution in [-0.2, 0) is 6.42 Å². The number of amides is 1. The van der Waals surface area contributed by atoms with Gasteiger partial charge in [-0.3, -0.25) is 9.59 Å². The van der Waals surface area contributed by atoms with Crippen LogP contribution in [0, 0.1) is 0 Å². The molecule has 0 atom stereocenters. The third-order valence-electron chi connectivity index (χ3n) is 4.25. The van der Waals surface area contributed by atoms with E-state index in [1.54, 1.807) is 30.3 Å². The molecule has 1 amide bonds. The summed E-state index contributed by atoms with van der Waals surface area (Å²) in [5.74, 6) is 0.430. The fraction of sp³-hybridized carbons (Fsp3) is 0.0952. The number of hydrogen-bond donors (Lipinski definition) is 2. The van der Waals surface area contributed by atoms with Crippen molar-refractivity contribution in [3.63, 3.8) is 0 Å². The van der Waals surface area contributed by atoms with Gasteiger partial charge in [-0.2, -0.15) is 0 Å². The van der Waals surface area contributed by atoms with Crippen LogP contribution in [0.25, 0.3) is 11.0 Å². The van der Waals surface area contributed by atoms with Crippen molar-refractivity contribution in [2.75, 3.05) is 6.54 Å². The van der Waals surface area contributed by atoms with Crippen LogP contribution in [0.3, 0.4) is 0 Å². The smallest absolute Gasteiger partial charge is 0.252 e. The highest BCUT2D eigenvalue weighted by molar-refractivity contribution is 7.12. The fourth-order valence-electron chi connectivity index (χ4n) is 2.93. The van der Waals surface area contributed by atoms with Gasteiger partial charge >= 0.3 is 0 Å². The van der Waals surface area contributed by atoms with Crippen LogP contribution in [-0.4, -0.2) is 28.2 Å². The van der Waals surface area contributed by atoms with E-state index in [2.05, 4.69) is 15.3 Å². The standard InChI is InChI=1S/C21H17N3O2S/c25-20(18-10-5-13-27-18)14-6-1-2-7-15(14)21(26)22-12-11-19-23-16-8-3-4-9-17(16)24-19/h1-10,13H,11-12H2,(H,22,26)(H,23,24). The lowest BCUT2D eigenvalue weighted by Crippen LogP contribution is -2.27. The molecule has 0 bridgehead atoms. The number of imidazole rings is 1. The number of ketones is 1. The van der Waals surface area contributed by atoms with Gasteiger partial charge in [-0.05, 0) is 29.6 Å². The van der Waals surface area contributed by atoms with Crippen molar-refractivity contribution < 1.29 is 9.59 Å². The predicted molar refractivity (Wildman–Crippen MR) is 106 cm³/mol. The first kappa shape index (κ1) is 17.2. The molecule has 2 heterocycles. The maximum absolute atomic E-state index is 12.6. The molecule has 5 nitrogen and oxygen atoms in total. The molecule has 0 fully saturated rings. The molecule has 0 aliphatic carbocycles. The Morgan fingerprint density at radius 3 is 2.52 bits per heavy atom. The molecule has 6 heteroatoms. The summed E-state index contributed by atoms with van der Waals surface area (Å²) >= 11 is 1.37. The van der Waals surface area contributed by atoms with Crippen molar-refractivity contribution in [2.24, 2.45) is 0 Å². The van der Waals surface area contributed by atoms with E-state index in [0.717, 1.165) is 16.9 Å². The monoisotopic (exact) mass is 375 g/mol. The Morgan fingerprint density at radius 1 is 0.963 bits per heavy atom. The fourth-order valence-corrected chi connectivity index (χ4v) is 3.61. The highest BCUT2D eigenvalue weighted by Gasteiger charge is 2.18. The molecule has 0 saturated heterocycles. The Balaban J connectivity index is 1.45. The second kappa shape index (κ2) is 7.55. The van der Waals surface area contributed by atoms with Crippen molar-refractivity contribution in [3.05, 3.63) is 87.9 Å². The van der Waals surface area contributed by atoms with Crippen LogP contribution < -0.4 is 5.32 Å². The summed E-state index contributed by atoms with van der Waals surface area (Å²) in [5, 5.41) is 4.74. The molecule has 0 aliphatic rings. The van der Waals surface area contributed by atoms with E-state index in [1.807, 2.05) is 35.7 Å². The summed E-state index contributed by atoms with van der Waals surface area (Å²) in [6, 6.07) is 18.3. The third kappa shape index (κ3) is 3.66. The van der Waals surface area contributed by atoms with E-state index in [-0.39, 0.29) is 11.7 Å². The number of benzene rings is 2. The quantitative estimate of drug-likeness (QED) is 0.503. The molecule has 0 saturated carbocycles. The Morgan fingerprint density at radius 2 is 1.74 bits per heavy atom. The normalized spacial score (nSPS) is 10.8. The molecule has 2 N–H and O–H groups in total. The maximum Gasteiger partial charge on any atom is 0.252 e. The van der Waals surface area contributed by atoms with Gasteiger partial charge in [0.2, 0.25) is 5.78 Å². The van der Waals surface area contributed by atoms with E-state index in [4.69, 9.17) is 0 Å². The van der Waals surface area contributed by atoms with Gasteiger partial charge in [-0.1, -0.05) is 36.4 Å². The lowest BCUT2D eigenvalue weighted by atomic mass is 10.0. The summed E-state index contributed by atoms with van der Waals surface area (Å²) in [6.45, 7) is 0.431. The lowest BCUT2D eigenvalue weighted by Gasteiger charge is -2.08. The number of aromatic nitrogens is 2. The Bertz CT molecular complexity index is 1070. The first-order chi connectivity index (χ1) is 13.2. The van der Waals surface area contributed by atoms with Gasteiger partial charge in [-0.15, -0.1) is 11.3 Å². The number of aromatic amines is 1. The lowest BCUT2D eigenvalue weighted by molar-refractivity contribution is 0.0943. The van der Waals surface area contributed by atoms with Gasteiger partial charge in [0.05, 0.1) is 21.5 Å². The average Bonchev–Trinajstić information content (AvgIpc) is 3.37. The van der Waals surface area contributed by atoms with Crippen molar-refractivity contribution >= 4 is 34.1 Å². The summed E-state index contributed by atoms with van der Waals surface area (Å²) < 4.78 is 0. The summed E-state index contributed by atoms with van der Waals surface area (Å²) in [4.78, 5) is 33.6. The zero-order valence-electron chi connectivity index (χ0n) is 14.4. The highest BCUT2D eigenvalue weighted by atomic mass is 32.1. The van der Waals surface area contributed by atoms with Crippen LogP contribution >= 0.6 is 11.3 Å². The maximum atomic E-state index is 12.6. The molecule has 0 spiro atoms. The van der Waals surface area contributed by atoms with Gasteiger partial charge in [-0.25, -0.2) is 4.98 Å². The molecule has 134 valence electrons. The van der Waals surface area contributed by atoms with Gasteiger partial charge in [0.1, 0.15) is 5.82 Å². The van der Waals surface area contributed by atoms with Crippen molar-refractivity contribution in [1.82, 2.24) is 15.3 Å². The van der Waals surface area contributed by atoms with Crippen LogP contribution in [0.4, 0.5) is 0 Å². The Labute approximate surface area is 160 Å². The molecule has 0 unspecified atom stereocenters. The van der Waals surface area contributed by atoms with Crippen LogP contribution in [0.15, 0.2) is 66.0 Å². The Kier molecular flexibility index (Phi) is 4.80. The van der Waals surface area contributed by atoms with Gasteiger partial charge in [0.15, 0.2) is 0 Å². The SMILES string of the molecule is O=C(NCCc1nc2ccccc2[nH]1)c1ccccc1C(=O)c1cccs1. The molecule has 0 radical (unpaired) electrons. The minimum atomic E-state index is -0.258. The van der Waals surface area contributed by atoms with E-state index >= 15 is 0 Å². The van der Waals surface area contributed by atoms with E-state index in [1.165, 1.54) is 11.3 Å². The number of H-pyrrole nitrogens is 1. The molecular weight excluding hydrogens is 358 g/mol. The molecule has 27 heavy (non-hydrogen) atoms. The molecule has 4 aromatic rings. The van der Waals surface area contributed by atoms with E-state index in [0.29, 0.717) is 29.0 Å². The molecule has 0 aliphatic heterocycles. The Hall–Kier alpha value is -3.25. The minimum absolute atomic E-state index is 0.131. The number of rotatable bonds is 6. The summed E-state index contributed by atoms with van der Waals surface area (Å²) in [6.07, 6.45) is 0.585. The largest absolute Gasteiger partial charge is 0.352 e. The summed E-state index contributed by atoms with van der Waals surface area (Å²) in [5.41, 5.74) is 2.69. The first-order valence-electron chi connectivity index (χ1n) is 8.61. The second-order valence-corrected chi connectivity index (χ2v) is 7.01. The topological polar surface area (TPSA) is 74.8 Å². The first-order valence-corrected chi connectivity index (χ1v) is 9.49. The molecule has 2 aromatic carbocycles. The average molecular weight is 375 g/mol. The van der Waals surface area contributed by atoms with E-state index in [9.17, 15) is 9.59 Å². The van der Waals surface area contributed by atoms with Crippen molar-refractivity contribution in [3.8, 4) is 0 Å². The number of para-hydroxylation sites is 2. The van der Waals surface area contributed by atoms with Crippen LogP contribution in [0.1, 0.15) is 31.4 Å². The number of fused-ring (bicyclic) bond motifs is 1. The molecular formula is C21H17N3O2S. The molecule has 2 aromatic heterocycles. The van der Waals surface area contributed by atoms with Gasteiger partial charge in [0, 0.05) is 18.5 Å². The van der Waals surface area contributed by atoms with Crippen LogP contribution in [0.5, 0.6) is 0 Å². The van der Waals surface area contributed by atoms with Crippen molar-refractivity contribution in [1.29, 1.82) is 0 Å². The second-order valence-electron chi connectivity index (χ2n) is 6.06. The number of carbonyl (C=O) groups is 2. The van der Waals surface area contributed by atoms with Crippen LogP contribution in [0.2, 0.25) is 0 Å². The zero-order chi connectivity index (χ0) is 18.6. The summed E-state index contributed by atoms with van der Waals surface area (Å²) in [7, 11) is 0. The number of carbonyl (C=O) groups excluding carboxylic acids is 2. The predicted octanol–water partition coefficient (Wildman–Crippen LogP) is 3.83. The van der Waals surface area contributed by atoms with Gasteiger partial charge in [0.25, 0.3) is 5.91 Å². The number of thiophene rings is 1. The van der Waals surface area contributed by atoms with Crippen molar-refractivity contribution in [2.45, 2.75) is 6.42 Å². The zero-order valence-corrected chi connectivity index (χ0v) is 15.3.